The normalized spacial score (nSPS) is 10.6. The lowest BCUT2D eigenvalue weighted by atomic mass is 10.2. The van der Waals surface area contributed by atoms with Crippen LogP contribution in [0.4, 0.5) is 15.8 Å². The van der Waals surface area contributed by atoms with Crippen molar-refractivity contribution in [2.75, 3.05) is 44.0 Å². The van der Waals surface area contributed by atoms with E-state index < -0.39 is 11.7 Å². The van der Waals surface area contributed by atoms with Crippen molar-refractivity contribution in [3.63, 3.8) is 0 Å². The van der Waals surface area contributed by atoms with Crippen molar-refractivity contribution in [2.45, 2.75) is 20.8 Å². The first kappa shape index (κ1) is 23.2. The Morgan fingerprint density at radius 1 is 0.933 bits per heavy atom. The van der Waals surface area contributed by atoms with E-state index in [0.717, 1.165) is 5.56 Å². The van der Waals surface area contributed by atoms with E-state index in [1.54, 1.807) is 38.2 Å². The first-order chi connectivity index (χ1) is 14.3. The molecule has 0 saturated heterocycles. The number of hydrogen-bond acceptors (Lipinski definition) is 5. The Bertz CT molecular complexity index is 889. The number of likely N-dealkylation sites (N-methyl/N-ethyl adjacent to an activating group) is 1. The molecule has 0 unspecified atom stereocenters. The quantitative estimate of drug-likeness (QED) is 0.619. The van der Waals surface area contributed by atoms with E-state index in [1.807, 2.05) is 13.8 Å². The van der Waals surface area contributed by atoms with Gasteiger partial charge in [0, 0.05) is 11.8 Å². The first-order valence-electron chi connectivity index (χ1n) is 9.76. The molecule has 2 aromatic carbocycles. The third kappa shape index (κ3) is 7.04. The maximum atomic E-state index is 13.9. The summed E-state index contributed by atoms with van der Waals surface area (Å²) in [7, 11) is 1.63. The Morgan fingerprint density at radius 2 is 1.57 bits per heavy atom. The maximum absolute atomic E-state index is 13.9. The Balaban J connectivity index is 1.89. The molecular weight excluding hydrogens is 389 g/mol. The average Bonchev–Trinajstić information content (AvgIpc) is 2.66. The van der Waals surface area contributed by atoms with Crippen molar-refractivity contribution in [1.82, 2.24) is 4.90 Å². The first-order valence-corrected chi connectivity index (χ1v) is 9.76. The molecule has 2 rings (SSSR count). The summed E-state index contributed by atoms with van der Waals surface area (Å²) in [6, 6.07) is 9.72. The lowest BCUT2D eigenvalue weighted by molar-refractivity contribution is -0.119. The second-order valence-corrected chi connectivity index (χ2v) is 6.78. The topological polar surface area (TPSA) is 79.9 Å². The predicted octanol–water partition coefficient (Wildman–Crippen LogP) is 3.44. The smallest absolute Gasteiger partial charge is 0.238 e. The van der Waals surface area contributed by atoms with Crippen LogP contribution in [0.1, 0.15) is 19.4 Å². The second kappa shape index (κ2) is 11.2. The van der Waals surface area contributed by atoms with Gasteiger partial charge in [0.05, 0.1) is 32.0 Å². The number of nitrogens with one attached hydrogen (secondary N) is 2. The minimum Gasteiger partial charge on any atom is -0.490 e. The largest absolute Gasteiger partial charge is 0.490 e. The van der Waals surface area contributed by atoms with Gasteiger partial charge >= 0.3 is 0 Å². The Hall–Kier alpha value is -3.13. The number of halogens is 1. The third-order valence-corrected chi connectivity index (χ3v) is 4.05. The maximum Gasteiger partial charge on any atom is 0.238 e. The molecule has 0 aromatic heterocycles. The van der Waals surface area contributed by atoms with Crippen LogP contribution in [0.15, 0.2) is 36.4 Å². The van der Waals surface area contributed by atoms with Crippen LogP contribution in [0.5, 0.6) is 11.5 Å². The van der Waals surface area contributed by atoms with Gasteiger partial charge in [0.1, 0.15) is 5.82 Å². The van der Waals surface area contributed by atoms with Gasteiger partial charge in [-0.25, -0.2) is 4.39 Å². The fourth-order valence-electron chi connectivity index (χ4n) is 2.79. The van der Waals surface area contributed by atoms with Gasteiger partial charge in [-0.15, -0.1) is 0 Å². The Morgan fingerprint density at radius 3 is 2.20 bits per heavy atom. The molecule has 2 N–H and O–H groups in total. The predicted molar refractivity (Wildman–Crippen MR) is 115 cm³/mol. The third-order valence-electron chi connectivity index (χ3n) is 4.05. The monoisotopic (exact) mass is 417 g/mol. The molecule has 0 spiro atoms. The number of rotatable bonds is 10. The standard InChI is InChI=1S/C22H28FN3O4/c1-5-29-19-10-8-16(12-20(19)30-6-2)24-21(27)13-26(4)14-22(28)25-18-9-7-15(3)11-17(18)23/h7-12H,5-6,13-14H2,1-4H3,(H,24,27)(H,25,28). The number of hydrogen-bond donors (Lipinski definition) is 2. The molecule has 0 heterocycles. The van der Waals surface area contributed by atoms with Crippen molar-refractivity contribution in [3.8, 4) is 11.5 Å². The van der Waals surface area contributed by atoms with Gasteiger partial charge in [0.25, 0.3) is 0 Å². The SMILES string of the molecule is CCOc1ccc(NC(=O)CN(C)CC(=O)Nc2ccc(C)cc2F)cc1OCC. The summed E-state index contributed by atoms with van der Waals surface area (Å²) in [5.74, 6) is -0.0463. The minimum absolute atomic E-state index is 0.0129. The van der Waals surface area contributed by atoms with Crippen molar-refractivity contribution in [1.29, 1.82) is 0 Å². The fraction of sp³-hybridized carbons (Fsp3) is 0.364. The van der Waals surface area contributed by atoms with Gasteiger partial charge in [0.15, 0.2) is 11.5 Å². The van der Waals surface area contributed by atoms with E-state index in [-0.39, 0.29) is 24.7 Å². The molecule has 0 bridgehead atoms. The van der Waals surface area contributed by atoms with E-state index >= 15 is 0 Å². The summed E-state index contributed by atoms with van der Waals surface area (Å²) in [4.78, 5) is 26.0. The number of aryl methyl sites for hydroxylation is 1. The molecule has 7 nitrogen and oxygen atoms in total. The average molecular weight is 417 g/mol. The van der Waals surface area contributed by atoms with Crippen LogP contribution in [-0.4, -0.2) is 50.1 Å². The Kier molecular flexibility index (Phi) is 8.61. The number of carbonyl (C=O) groups is 2. The molecule has 2 amide bonds. The van der Waals surface area contributed by atoms with Crippen LogP contribution in [-0.2, 0) is 9.59 Å². The van der Waals surface area contributed by atoms with Gasteiger partial charge in [-0.3, -0.25) is 14.5 Å². The second-order valence-electron chi connectivity index (χ2n) is 6.78. The van der Waals surface area contributed by atoms with Crippen LogP contribution in [0.3, 0.4) is 0 Å². The summed E-state index contributed by atoms with van der Waals surface area (Å²) in [5.41, 5.74) is 1.44. The molecule has 0 aliphatic heterocycles. The number of anilines is 2. The van der Waals surface area contributed by atoms with E-state index in [0.29, 0.717) is 30.4 Å². The summed E-state index contributed by atoms with van der Waals surface area (Å²) >= 11 is 0. The lowest BCUT2D eigenvalue weighted by Gasteiger charge is -2.17. The summed E-state index contributed by atoms with van der Waals surface area (Å²) in [5, 5.41) is 5.28. The van der Waals surface area contributed by atoms with Crippen molar-refractivity contribution in [3.05, 3.63) is 47.8 Å². The van der Waals surface area contributed by atoms with Crippen molar-refractivity contribution >= 4 is 23.2 Å². The number of amides is 2. The molecule has 162 valence electrons. The van der Waals surface area contributed by atoms with Gasteiger partial charge in [-0.05, 0) is 57.6 Å². The number of benzene rings is 2. The number of nitrogens with zero attached hydrogens (tertiary/aromatic N) is 1. The summed E-state index contributed by atoms with van der Waals surface area (Å²) in [6.07, 6.45) is 0. The summed E-state index contributed by atoms with van der Waals surface area (Å²) in [6.45, 7) is 6.41. The van der Waals surface area contributed by atoms with Crippen LogP contribution >= 0.6 is 0 Å². The van der Waals surface area contributed by atoms with Crippen LogP contribution < -0.4 is 20.1 Å². The van der Waals surface area contributed by atoms with Crippen molar-refractivity contribution in [2.24, 2.45) is 0 Å². The van der Waals surface area contributed by atoms with E-state index in [1.165, 1.54) is 17.0 Å². The molecule has 0 atom stereocenters. The zero-order chi connectivity index (χ0) is 22.1. The highest BCUT2D eigenvalue weighted by molar-refractivity contribution is 5.94. The van der Waals surface area contributed by atoms with E-state index in [4.69, 9.17) is 9.47 Å². The van der Waals surface area contributed by atoms with E-state index in [9.17, 15) is 14.0 Å². The van der Waals surface area contributed by atoms with Crippen molar-refractivity contribution < 1.29 is 23.5 Å². The number of carbonyl (C=O) groups excluding carboxylic acids is 2. The molecular formula is C22H28FN3O4. The number of ether oxygens (including phenoxy) is 2. The van der Waals surface area contributed by atoms with Crippen LogP contribution in [0.25, 0.3) is 0 Å². The molecule has 0 aliphatic rings. The molecule has 0 fully saturated rings. The van der Waals surface area contributed by atoms with Gasteiger partial charge < -0.3 is 20.1 Å². The molecule has 2 aromatic rings. The summed E-state index contributed by atoms with van der Waals surface area (Å²) < 4.78 is 24.9. The highest BCUT2D eigenvalue weighted by Crippen LogP contribution is 2.30. The van der Waals surface area contributed by atoms with Crippen LogP contribution in [0, 0.1) is 12.7 Å². The fourth-order valence-corrected chi connectivity index (χ4v) is 2.79. The Labute approximate surface area is 176 Å². The molecule has 0 aliphatic carbocycles. The lowest BCUT2D eigenvalue weighted by Crippen LogP contribution is -2.36. The van der Waals surface area contributed by atoms with Gasteiger partial charge in [-0.2, -0.15) is 0 Å². The van der Waals surface area contributed by atoms with E-state index in [2.05, 4.69) is 10.6 Å². The molecule has 30 heavy (non-hydrogen) atoms. The van der Waals surface area contributed by atoms with Gasteiger partial charge in [0.2, 0.25) is 11.8 Å². The minimum atomic E-state index is -0.496. The van der Waals surface area contributed by atoms with Crippen LogP contribution in [0.2, 0.25) is 0 Å². The zero-order valence-corrected chi connectivity index (χ0v) is 17.8. The van der Waals surface area contributed by atoms with Gasteiger partial charge in [-0.1, -0.05) is 6.07 Å². The highest BCUT2D eigenvalue weighted by atomic mass is 19.1. The zero-order valence-electron chi connectivity index (χ0n) is 17.8. The molecule has 0 saturated carbocycles. The molecule has 0 radical (unpaired) electrons. The highest BCUT2D eigenvalue weighted by Gasteiger charge is 2.14. The molecule has 8 heteroatoms.